The highest BCUT2D eigenvalue weighted by molar-refractivity contribution is 7.98. The number of aromatic nitrogens is 1. The minimum absolute atomic E-state index is 0.0547. The van der Waals surface area contributed by atoms with E-state index in [9.17, 15) is 9.59 Å². The average molecular weight is 269 g/mol. The van der Waals surface area contributed by atoms with Crippen LogP contribution in [0.1, 0.15) is 16.9 Å². The molecule has 0 aliphatic heterocycles. The molecular weight excluding hydrogens is 254 g/mol. The van der Waals surface area contributed by atoms with Gasteiger partial charge in [-0.1, -0.05) is 0 Å². The molecule has 18 heavy (non-hydrogen) atoms. The first kappa shape index (κ1) is 14.3. The lowest BCUT2D eigenvalue weighted by atomic mass is 10.3. The zero-order valence-electron chi connectivity index (χ0n) is 9.97. The Bertz CT molecular complexity index is 408. The van der Waals surface area contributed by atoms with Crippen LogP contribution in [0.25, 0.3) is 0 Å². The molecule has 0 unspecified atom stereocenters. The van der Waals surface area contributed by atoms with Gasteiger partial charge in [0.15, 0.2) is 0 Å². The van der Waals surface area contributed by atoms with Gasteiger partial charge in [-0.15, -0.1) is 0 Å². The van der Waals surface area contributed by atoms with Gasteiger partial charge in [0.1, 0.15) is 5.69 Å². The van der Waals surface area contributed by atoms with Gasteiger partial charge in [-0.05, 0) is 30.6 Å². The Balaban J connectivity index is 2.37. The summed E-state index contributed by atoms with van der Waals surface area (Å²) in [6, 6.07) is 2.52. The van der Waals surface area contributed by atoms with E-state index in [0.717, 1.165) is 12.2 Å². The van der Waals surface area contributed by atoms with E-state index in [4.69, 9.17) is 5.11 Å². The molecule has 6 nitrogen and oxygen atoms in total. The van der Waals surface area contributed by atoms with Crippen LogP contribution < -0.4 is 10.6 Å². The molecule has 0 saturated carbocycles. The molecule has 2 amide bonds. The van der Waals surface area contributed by atoms with E-state index in [1.807, 2.05) is 6.26 Å². The lowest BCUT2D eigenvalue weighted by Gasteiger charge is -2.06. The summed E-state index contributed by atoms with van der Waals surface area (Å²) in [7, 11) is 0. The summed E-state index contributed by atoms with van der Waals surface area (Å²) in [4.78, 5) is 25.7. The summed E-state index contributed by atoms with van der Waals surface area (Å²) in [5.41, 5.74) is 0.406. The Kier molecular flexibility index (Phi) is 5.99. The largest absolute Gasteiger partial charge is 0.477 e. The average Bonchev–Trinajstić information content (AvgIpc) is 2.35. The summed E-state index contributed by atoms with van der Waals surface area (Å²) >= 11 is 1.72. The number of urea groups is 1. The molecule has 0 radical (unpaired) electrons. The minimum atomic E-state index is -1.09. The van der Waals surface area contributed by atoms with Crippen molar-refractivity contribution in [2.24, 2.45) is 0 Å². The number of hydrogen-bond donors (Lipinski definition) is 3. The fraction of sp³-hybridized carbons (Fsp3) is 0.364. The van der Waals surface area contributed by atoms with E-state index >= 15 is 0 Å². The van der Waals surface area contributed by atoms with Crippen LogP contribution in [0.4, 0.5) is 10.5 Å². The molecule has 0 aliphatic carbocycles. The zero-order valence-corrected chi connectivity index (χ0v) is 10.8. The molecule has 98 valence electrons. The molecule has 1 aromatic rings. The number of anilines is 1. The van der Waals surface area contributed by atoms with Crippen molar-refractivity contribution in [2.45, 2.75) is 6.42 Å². The molecule has 0 spiro atoms. The SMILES string of the molecule is CSCCCNC(=O)Nc1ccc(C(=O)O)nc1. The third kappa shape index (κ3) is 5.05. The topological polar surface area (TPSA) is 91.3 Å². The van der Waals surface area contributed by atoms with Gasteiger partial charge in [0.05, 0.1) is 11.9 Å². The first-order valence-corrected chi connectivity index (χ1v) is 6.76. The first-order valence-electron chi connectivity index (χ1n) is 5.36. The van der Waals surface area contributed by atoms with E-state index in [1.54, 1.807) is 11.8 Å². The lowest BCUT2D eigenvalue weighted by Crippen LogP contribution is -2.29. The van der Waals surface area contributed by atoms with Crippen LogP contribution in [-0.4, -0.2) is 40.6 Å². The van der Waals surface area contributed by atoms with Crippen molar-refractivity contribution in [1.82, 2.24) is 10.3 Å². The second-order valence-electron chi connectivity index (χ2n) is 3.46. The number of thioether (sulfide) groups is 1. The van der Waals surface area contributed by atoms with Crippen LogP contribution in [0.5, 0.6) is 0 Å². The van der Waals surface area contributed by atoms with Gasteiger partial charge in [-0.2, -0.15) is 11.8 Å². The van der Waals surface area contributed by atoms with Gasteiger partial charge in [0.25, 0.3) is 0 Å². The molecule has 0 aliphatic rings. The van der Waals surface area contributed by atoms with Gasteiger partial charge in [0, 0.05) is 6.54 Å². The van der Waals surface area contributed by atoms with Gasteiger partial charge in [-0.25, -0.2) is 14.6 Å². The third-order valence-electron chi connectivity index (χ3n) is 2.05. The highest BCUT2D eigenvalue weighted by Gasteiger charge is 2.05. The highest BCUT2D eigenvalue weighted by Crippen LogP contribution is 2.05. The molecule has 0 saturated heterocycles. The molecule has 0 aromatic carbocycles. The van der Waals surface area contributed by atoms with Crippen LogP contribution in [0.3, 0.4) is 0 Å². The maximum Gasteiger partial charge on any atom is 0.354 e. The van der Waals surface area contributed by atoms with E-state index < -0.39 is 5.97 Å². The molecule has 1 heterocycles. The predicted molar refractivity (Wildman–Crippen MR) is 71.2 cm³/mol. The van der Waals surface area contributed by atoms with Crippen molar-refractivity contribution in [3.63, 3.8) is 0 Å². The predicted octanol–water partition coefficient (Wildman–Crippen LogP) is 1.65. The Morgan fingerprint density at radius 2 is 2.22 bits per heavy atom. The number of nitrogens with one attached hydrogen (secondary N) is 2. The quantitative estimate of drug-likeness (QED) is 0.683. The third-order valence-corrected chi connectivity index (χ3v) is 2.75. The van der Waals surface area contributed by atoms with Crippen molar-refractivity contribution in [3.05, 3.63) is 24.0 Å². The van der Waals surface area contributed by atoms with Gasteiger partial charge in [-0.3, -0.25) is 0 Å². The number of nitrogens with zero attached hydrogens (tertiary/aromatic N) is 1. The Morgan fingerprint density at radius 3 is 2.78 bits per heavy atom. The van der Waals surface area contributed by atoms with Crippen LogP contribution in [-0.2, 0) is 0 Å². The summed E-state index contributed by atoms with van der Waals surface area (Å²) in [5.74, 6) is -0.0992. The monoisotopic (exact) mass is 269 g/mol. The normalized spacial score (nSPS) is 9.83. The standard InChI is InChI=1S/C11H15N3O3S/c1-18-6-2-5-12-11(17)14-8-3-4-9(10(15)16)13-7-8/h3-4,7H,2,5-6H2,1H3,(H,15,16)(H2,12,14,17). The smallest absolute Gasteiger partial charge is 0.354 e. The Hall–Kier alpha value is -1.76. The highest BCUT2D eigenvalue weighted by atomic mass is 32.2. The number of hydrogen-bond acceptors (Lipinski definition) is 4. The molecule has 7 heteroatoms. The second kappa shape index (κ2) is 7.54. The lowest BCUT2D eigenvalue weighted by molar-refractivity contribution is 0.0690. The maximum absolute atomic E-state index is 11.4. The number of carboxylic acids is 1. The minimum Gasteiger partial charge on any atom is -0.477 e. The van der Waals surface area contributed by atoms with Crippen LogP contribution in [0, 0.1) is 0 Å². The number of amides is 2. The molecule has 3 N–H and O–H groups in total. The molecule has 1 aromatic heterocycles. The summed E-state index contributed by atoms with van der Waals surface area (Å²) < 4.78 is 0. The summed E-state index contributed by atoms with van der Waals surface area (Å²) in [6.07, 6.45) is 4.23. The van der Waals surface area contributed by atoms with Crippen molar-refractivity contribution >= 4 is 29.4 Å². The molecule has 0 atom stereocenters. The molecular formula is C11H15N3O3S. The fourth-order valence-electron chi connectivity index (χ4n) is 1.19. The second-order valence-corrected chi connectivity index (χ2v) is 4.45. The number of carboxylic acid groups (broad SMARTS) is 1. The summed E-state index contributed by atoms with van der Waals surface area (Å²) in [5, 5.41) is 13.9. The number of pyridine rings is 1. The molecule has 0 fully saturated rings. The van der Waals surface area contributed by atoms with E-state index in [-0.39, 0.29) is 11.7 Å². The van der Waals surface area contributed by atoms with Gasteiger partial charge < -0.3 is 15.7 Å². The number of aromatic carboxylic acids is 1. The number of rotatable bonds is 6. The zero-order chi connectivity index (χ0) is 13.4. The van der Waals surface area contributed by atoms with Crippen LogP contribution in [0.15, 0.2) is 18.3 Å². The fourth-order valence-corrected chi connectivity index (χ4v) is 1.62. The number of carbonyl (C=O) groups excluding carboxylic acids is 1. The number of carbonyl (C=O) groups is 2. The van der Waals surface area contributed by atoms with E-state index in [2.05, 4.69) is 15.6 Å². The Labute approximate surface area is 109 Å². The van der Waals surface area contributed by atoms with Crippen LogP contribution in [0.2, 0.25) is 0 Å². The Morgan fingerprint density at radius 1 is 1.44 bits per heavy atom. The maximum atomic E-state index is 11.4. The van der Waals surface area contributed by atoms with Crippen LogP contribution >= 0.6 is 11.8 Å². The summed E-state index contributed by atoms with van der Waals surface area (Å²) in [6.45, 7) is 0.604. The molecule has 1 rings (SSSR count). The van der Waals surface area contributed by atoms with Crippen molar-refractivity contribution in [2.75, 3.05) is 23.9 Å². The first-order chi connectivity index (χ1) is 8.63. The van der Waals surface area contributed by atoms with Crippen molar-refractivity contribution in [3.8, 4) is 0 Å². The molecule has 0 bridgehead atoms. The van der Waals surface area contributed by atoms with E-state index in [0.29, 0.717) is 12.2 Å². The van der Waals surface area contributed by atoms with E-state index in [1.165, 1.54) is 18.3 Å². The van der Waals surface area contributed by atoms with Gasteiger partial charge in [0.2, 0.25) is 0 Å². The van der Waals surface area contributed by atoms with Crippen molar-refractivity contribution in [1.29, 1.82) is 0 Å². The van der Waals surface area contributed by atoms with Gasteiger partial charge >= 0.3 is 12.0 Å². The van der Waals surface area contributed by atoms with Crippen molar-refractivity contribution < 1.29 is 14.7 Å².